The maximum atomic E-state index is 5.95. The number of rotatable bonds is 4. The number of hydrogen-bond acceptors (Lipinski definition) is 1. The van der Waals surface area contributed by atoms with Crippen LogP contribution in [0.3, 0.4) is 0 Å². The van der Waals surface area contributed by atoms with Gasteiger partial charge in [-0.1, -0.05) is 33.6 Å². The lowest BCUT2D eigenvalue weighted by molar-refractivity contribution is 0.0690. The highest BCUT2D eigenvalue weighted by Gasteiger charge is 2.36. The van der Waals surface area contributed by atoms with Crippen LogP contribution in [-0.2, 0) is 4.74 Å². The Morgan fingerprint density at radius 1 is 1.31 bits per heavy atom. The Bertz CT molecular complexity index is 149. The Balaban J connectivity index is 2.44. The Morgan fingerprint density at radius 2 is 2.00 bits per heavy atom. The fourth-order valence-corrected chi connectivity index (χ4v) is 2.34. The highest BCUT2D eigenvalue weighted by molar-refractivity contribution is 6.11. The Kier molecular flexibility index (Phi) is 4.31. The molecular weight excluding hydrogens is 159 g/mol. The van der Waals surface area contributed by atoms with E-state index in [1.54, 1.807) is 0 Å². The molecule has 1 rings (SSSR count). The van der Waals surface area contributed by atoms with Gasteiger partial charge in [-0.2, -0.15) is 0 Å². The second-order valence-corrected chi connectivity index (χ2v) is 4.21. The zero-order chi connectivity index (χ0) is 9.84. The minimum absolute atomic E-state index is 0.00787. The van der Waals surface area contributed by atoms with Gasteiger partial charge in [-0.3, -0.25) is 0 Å². The largest absolute Gasteiger partial charge is 0.384 e. The maximum absolute atomic E-state index is 5.95. The predicted molar refractivity (Wildman–Crippen MR) is 56.9 cm³/mol. The minimum atomic E-state index is -0.00787. The molecule has 1 aliphatic heterocycles. The van der Waals surface area contributed by atoms with Crippen LogP contribution in [0.15, 0.2) is 0 Å². The zero-order valence-electron chi connectivity index (χ0n) is 9.12. The third kappa shape index (κ3) is 2.49. The van der Waals surface area contributed by atoms with E-state index in [0.717, 1.165) is 6.42 Å². The highest BCUT2D eigenvalue weighted by atomic mass is 16.5. The van der Waals surface area contributed by atoms with E-state index in [0.29, 0.717) is 17.9 Å². The van der Waals surface area contributed by atoms with Crippen molar-refractivity contribution in [2.45, 2.75) is 58.6 Å². The molecule has 2 radical (unpaired) electrons. The van der Waals surface area contributed by atoms with Crippen molar-refractivity contribution < 1.29 is 4.74 Å². The summed E-state index contributed by atoms with van der Waals surface area (Å²) >= 11 is 0. The van der Waals surface area contributed by atoms with Gasteiger partial charge in [-0.25, -0.2) is 0 Å². The topological polar surface area (TPSA) is 9.23 Å². The summed E-state index contributed by atoms with van der Waals surface area (Å²) in [6.07, 6.45) is 5.26. The first kappa shape index (κ1) is 11.1. The van der Waals surface area contributed by atoms with Crippen molar-refractivity contribution in [3.63, 3.8) is 0 Å². The molecule has 74 valence electrons. The van der Waals surface area contributed by atoms with Crippen molar-refractivity contribution in [1.29, 1.82) is 0 Å². The van der Waals surface area contributed by atoms with Crippen LogP contribution in [0.1, 0.15) is 46.5 Å². The molecule has 0 aromatic carbocycles. The van der Waals surface area contributed by atoms with E-state index < -0.39 is 0 Å². The number of hydrogen-bond donors (Lipinski definition) is 0. The molecule has 0 spiro atoms. The third-order valence-corrected chi connectivity index (χ3v) is 3.31. The molecule has 1 nitrogen and oxygen atoms in total. The lowest BCUT2D eigenvalue weighted by Crippen LogP contribution is -2.19. The van der Waals surface area contributed by atoms with Crippen molar-refractivity contribution in [2.24, 2.45) is 11.8 Å². The predicted octanol–water partition coefficient (Wildman–Crippen LogP) is 2.73. The molecule has 0 amide bonds. The molecule has 4 atom stereocenters. The molecule has 1 aliphatic rings. The first-order valence-electron chi connectivity index (χ1n) is 5.61. The lowest BCUT2D eigenvalue weighted by atomic mass is 9.77. The monoisotopic (exact) mass is 180 g/mol. The van der Waals surface area contributed by atoms with Crippen molar-refractivity contribution in [2.75, 3.05) is 0 Å². The van der Waals surface area contributed by atoms with Crippen molar-refractivity contribution in [3.05, 3.63) is 0 Å². The minimum Gasteiger partial charge on any atom is -0.384 e. The summed E-state index contributed by atoms with van der Waals surface area (Å²) < 4.78 is 5.71. The van der Waals surface area contributed by atoms with Gasteiger partial charge in [0.1, 0.15) is 7.85 Å². The molecule has 2 heteroatoms. The van der Waals surface area contributed by atoms with E-state index in [1.807, 2.05) is 0 Å². The van der Waals surface area contributed by atoms with Crippen molar-refractivity contribution in [1.82, 2.24) is 0 Å². The normalized spacial score (nSPS) is 39.6. The van der Waals surface area contributed by atoms with Crippen molar-refractivity contribution in [3.8, 4) is 0 Å². The van der Waals surface area contributed by atoms with Crippen LogP contribution in [-0.4, -0.2) is 20.0 Å². The zero-order valence-corrected chi connectivity index (χ0v) is 9.12. The van der Waals surface area contributed by atoms with Gasteiger partial charge >= 0.3 is 0 Å². The fraction of sp³-hybridized carbons (Fsp3) is 1.00. The lowest BCUT2D eigenvalue weighted by Gasteiger charge is -2.18. The Hall–Kier alpha value is 0.0249. The first-order valence-corrected chi connectivity index (χ1v) is 5.61. The first-order chi connectivity index (χ1) is 6.20. The summed E-state index contributed by atoms with van der Waals surface area (Å²) in [5.41, 5.74) is 0. The smallest absolute Gasteiger partial charge is 0.109 e. The van der Waals surface area contributed by atoms with Gasteiger partial charge < -0.3 is 4.74 Å². The maximum Gasteiger partial charge on any atom is 0.109 e. The van der Waals surface area contributed by atoms with Crippen LogP contribution in [0.4, 0.5) is 0 Å². The molecule has 0 aromatic rings. The summed E-state index contributed by atoms with van der Waals surface area (Å²) in [4.78, 5) is 0. The summed E-state index contributed by atoms with van der Waals surface area (Å²) in [6, 6.07) is -0.00787. The molecular formula is C11H21BO. The van der Waals surface area contributed by atoms with Gasteiger partial charge in [-0.05, 0) is 24.7 Å². The molecule has 0 aliphatic carbocycles. The van der Waals surface area contributed by atoms with E-state index >= 15 is 0 Å². The van der Waals surface area contributed by atoms with Gasteiger partial charge in [0.15, 0.2) is 0 Å². The van der Waals surface area contributed by atoms with Crippen LogP contribution in [0.25, 0.3) is 0 Å². The third-order valence-electron chi connectivity index (χ3n) is 3.31. The average molecular weight is 180 g/mol. The molecule has 2 unspecified atom stereocenters. The van der Waals surface area contributed by atoms with Gasteiger partial charge in [0.25, 0.3) is 0 Å². The van der Waals surface area contributed by atoms with Crippen molar-refractivity contribution >= 4 is 7.85 Å². The molecule has 13 heavy (non-hydrogen) atoms. The SMILES string of the molecule is [B]C1OC(CC)[C@@H](C)[C@H]1CCCC. The van der Waals surface area contributed by atoms with Crippen LogP contribution in [0.5, 0.6) is 0 Å². The summed E-state index contributed by atoms with van der Waals surface area (Å²) in [5.74, 6) is 1.23. The second-order valence-electron chi connectivity index (χ2n) is 4.21. The molecule has 0 bridgehead atoms. The second kappa shape index (κ2) is 5.04. The van der Waals surface area contributed by atoms with Crippen LogP contribution >= 0.6 is 0 Å². The van der Waals surface area contributed by atoms with Crippen LogP contribution < -0.4 is 0 Å². The van der Waals surface area contributed by atoms with Crippen LogP contribution in [0.2, 0.25) is 0 Å². The molecule has 0 aromatic heterocycles. The van der Waals surface area contributed by atoms with Gasteiger partial charge in [0.2, 0.25) is 0 Å². The van der Waals surface area contributed by atoms with Gasteiger partial charge in [0, 0.05) is 6.00 Å². The van der Waals surface area contributed by atoms with E-state index in [1.165, 1.54) is 19.3 Å². The van der Waals surface area contributed by atoms with E-state index in [-0.39, 0.29) is 6.00 Å². The fourth-order valence-electron chi connectivity index (χ4n) is 2.34. The Labute approximate surface area is 83.6 Å². The average Bonchev–Trinajstić information content (AvgIpc) is 2.39. The summed E-state index contributed by atoms with van der Waals surface area (Å²) in [7, 11) is 5.95. The standard InChI is InChI=1S/C11H21BO/c1-4-6-7-9-8(3)10(5-2)13-11(9)12/h8-11H,4-7H2,1-3H3/t8-,9+,10?,11?/m0/s1. The Morgan fingerprint density at radius 3 is 2.46 bits per heavy atom. The van der Waals surface area contributed by atoms with Crippen LogP contribution in [0, 0.1) is 11.8 Å². The molecule has 1 saturated heterocycles. The molecule has 0 saturated carbocycles. The van der Waals surface area contributed by atoms with E-state index in [2.05, 4.69) is 20.8 Å². The molecule has 1 heterocycles. The van der Waals surface area contributed by atoms with E-state index in [9.17, 15) is 0 Å². The number of ether oxygens (including phenoxy) is 1. The summed E-state index contributed by atoms with van der Waals surface area (Å²) in [6.45, 7) is 6.68. The molecule has 1 fully saturated rings. The number of unbranched alkanes of at least 4 members (excludes halogenated alkanes) is 1. The summed E-state index contributed by atoms with van der Waals surface area (Å²) in [5, 5.41) is 0. The van der Waals surface area contributed by atoms with Gasteiger partial charge in [-0.15, -0.1) is 0 Å². The quantitative estimate of drug-likeness (QED) is 0.604. The van der Waals surface area contributed by atoms with Gasteiger partial charge in [0.05, 0.1) is 6.10 Å². The molecule has 0 N–H and O–H groups in total. The highest BCUT2D eigenvalue weighted by Crippen LogP contribution is 2.35. The van der Waals surface area contributed by atoms with E-state index in [4.69, 9.17) is 12.6 Å².